The Morgan fingerprint density at radius 3 is 2.55 bits per heavy atom. The monoisotopic (exact) mass is 272 g/mol. The highest BCUT2D eigenvalue weighted by atomic mass is 16.5. The molecule has 0 atom stereocenters. The summed E-state index contributed by atoms with van der Waals surface area (Å²) in [4.78, 5) is 8.86. The molecule has 0 amide bonds. The summed E-state index contributed by atoms with van der Waals surface area (Å²) < 4.78 is 5.88. The molecular weight excluding hydrogens is 252 g/mol. The van der Waals surface area contributed by atoms with Crippen LogP contribution in [0, 0.1) is 13.8 Å². The van der Waals surface area contributed by atoms with Gasteiger partial charge in [-0.05, 0) is 31.5 Å². The van der Waals surface area contributed by atoms with Crippen LogP contribution < -0.4 is 16.0 Å². The lowest BCUT2D eigenvalue weighted by Gasteiger charge is -2.14. The molecule has 0 aliphatic carbocycles. The summed E-state index contributed by atoms with van der Waals surface area (Å²) in [5.74, 6) is 8.28. The van der Waals surface area contributed by atoms with Crippen LogP contribution >= 0.6 is 0 Å². The number of hydrogen-bond donors (Lipinski definition) is 2. The van der Waals surface area contributed by atoms with Gasteiger partial charge in [-0.25, -0.2) is 10.8 Å². The number of hydrazine groups is 1. The van der Waals surface area contributed by atoms with Crippen molar-refractivity contribution in [3.05, 3.63) is 41.2 Å². The Bertz CT molecular complexity index is 611. The zero-order chi connectivity index (χ0) is 14.7. The van der Waals surface area contributed by atoms with Gasteiger partial charge < -0.3 is 10.2 Å². The van der Waals surface area contributed by atoms with Crippen LogP contribution in [-0.2, 0) is 0 Å². The molecule has 2 rings (SSSR count). The Hall–Kier alpha value is -2.14. The second-order valence-corrected chi connectivity index (χ2v) is 5.08. The van der Waals surface area contributed by atoms with Crippen molar-refractivity contribution >= 4 is 5.82 Å². The molecule has 0 saturated carbocycles. The molecule has 20 heavy (non-hydrogen) atoms. The van der Waals surface area contributed by atoms with Crippen molar-refractivity contribution in [2.45, 2.75) is 33.6 Å². The third-order valence-corrected chi connectivity index (χ3v) is 2.98. The summed E-state index contributed by atoms with van der Waals surface area (Å²) in [7, 11) is 0. The van der Waals surface area contributed by atoms with E-state index in [1.54, 1.807) is 0 Å². The molecule has 0 fully saturated rings. The van der Waals surface area contributed by atoms with E-state index in [9.17, 15) is 0 Å². The van der Waals surface area contributed by atoms with Crippen molar-refractivity contribution in [2.75, 3.05) is 5.43 Å². The van der Waals surface area contributed by atoms with E-state index in [-0.39, 0.29) is 5.92 Å². The Kier molecular flexibility index (Phi) is 4.20. The van der Waals surface area contributed by atoms with Crippen molar-refractivity contribution in [3.8, 4) is 11.6 Å². The highest BCUT2D eigenvalue weighted by Gasteiger charge is 2.14. The lowest BCUT2D eigenvalue weighted by Crippen LogP contribution is -2.13. The SMILES string of the molecule is Cc1cccc(Oc2nc(C(C)C)nc(NN)c2C)c1. The summed E-state index contributed by atoms with van der Waals surface area (Å²) in [5, 5.41) is 0. The van der Waals surface area contributed by atoms with E-state index in [0.29, 0.717) is 17.5 Å². The first kappa shape index (κ1) is 14.3. The fourth-order valence-corrected chi connectivity index (χ4v) is 1.80. The number of rotatable bonds is 4. The molecule has 0 spiro atoms. The molecule has 0 bridgehead atoms. The van der Waals surface area contributed by atoms with Crippen LogP contribution in [0.5, 0.6) is 11.6 Å². The van der Waals surface area contributed by atoms with Gasteiger partial charge in [0.25, 0.3) is 0 Å². The molecule has 106 valence electrons. The summed E-state index contributed by atoms with van der Waals surface area (Å²) >= 11 is 0. The predicted octanol–water partition coefficient (Wildman–Crippen LogP) is 3.29. The molecule has 5 heteroatoms. The van der Waals surface area contributed by atoms with Gasteiger partial charge in [0.15, 0.2) is 5.82 Å². The maximum absolute atomic E-state index is 5.88. The second kappa shape index (κ2) is 5.88. The molecule has 5 nitrogen and oxygen atoms in total. The minimum atomic E-state index is 0.197. The summed E-state index contributed by atoms with van der Waals surface area (Å²) in [6, 6.07) is 7.84. The highest BCUT2D eigenvalue weighted by molar-refractivity contribution is 5.49. The number of benzene rings is 1. The third kappa shape index (κ3) is 3.05. The van der Waals surface area contributed by atoms with E-state index in [4.69, 9.17) is 10.6 Å². The zero-order valence-corrected chi connectivity index (χ0v) is 12.3. The average molecular weight is 272 g/mol. The molecule has 1 heterocycles. The molecule has 0 unspecified atom stereocenters. The number of hydrogen-bond acceptors (Lipinski definition) is 5. The standard InChI is InChI=1S/C15H20N4O/c1-9(2)13-17-14(19-16)11(4)15(18-13)20-12-7-5-6-10(3)8-12/h5-9H,16H2,1-4H3,(H,17,18,19). The summed E-state index contributed by atoms with van der Waals surface area (Å²) in [5.41, 5.74) is 4.52. The van der Waals surface area contributed by atoms with Crippen molar-refractivity contribution in [1.29, 1.82) is 0 Å². The van der Waals surface area contributed by atoms with Crippen LogP contribution in [0.25, 0.3) is 0 Å². The van der Waals surface area contributed by atoms with Gasteiger partial charge in [-0.2, -0.15) is 4.98 Å². The summed E-state index contributed by atoms with van der Waals surface area (Å²) in [6.45, 7) is 7.96. The second-order valence-electron chi connectivity index (χ2n) is 5.08. The maximum Gasteiger partial charge on any atom is 0.227 e. The predicted molar refractivity (Wildman–Crippen MR) is 79.9 cm³/mol. The van der Waals surface area contributed by atoms with Gasteiger partial charge in [-0.3, -0.25) is 0 Å². The van der Waals surface area contributed by atoms with Crippen molar-refractivity contribution in [3.63, 3.8) is 0 Å². The van der Waals surface area contributed by atoms with E-state index in [2.05, 4.69) is 15.4 Å². The van der Waals surface area contributed by atoms with Crippen LogP contribution in [0.1, 0.15) is 36.7 Å². The molecular formula is C15H20N4O. The summed E-state index contributed by atoms with van der Waals surface area (Å²) in [6.07, 6.45) is 0. The fourth-order valence-electron chi connectivity index (χ4n) is 1.80. The number of nitrogen functional groups attached to an aromatic ring is 1. The molecule has 0 saturated heterocycles. The Balaban J connectivity index is 2.42. The molecule has 2 aromatic rings. The largest absolute Gasteiger partial charge is 0.439 e. The molecule has 0 radical (unpaired) electrons. The van der Waals surface area contributed by atoms with Crippen molar-refractivity contribution < 1.29 is 4.74 Å². The quantitative estimate of drug-likeness (QED) is 0.660. The number of aromatic nitrogens is 2. The maximum atomic E-state index is 5.88. The minimum absolute atomic E-state index is 0.197. The number of nitrogens with one attached hydrogen (secondary N) is 1. The topological polar surface area (TPSA) is 73.1 Å². The molecule has 3 N–H and O–H groups in total. The van der Waals surface area contributed by atoms with Gasteiger partial charge in [0.05, 0.1) is 5.56 Å². The number of nitrogens with two attached hydrogens (primary N) is 1. The van der Waals surface area contributed by atoms with Crippen LogP contribution in [-0.4, -0.2) is 9.97 Å². The van der Waals surface area contributed by atoms with Gasteiger partial charge >= 0.3 is 0 Å². The molecule has 1 aromatic carbocycles. The first-order chi connectivity index (χ1) is 9.51. The lowest BCUT2D eigenvalue weighted by molar-refractivity contribution is 0.453. The zero-order valence-electron chi connectivity index (χ0n) is 12.3. The van der Waals surface area contributed by atoms with Gasteiger partial charge in [0.2, 0.25) is 5.88 Å². The average Bonchev–Trinajstić information content (AvgIpc) is 2.41. The molecule has 0 aliphatic rings. The fraction of sp³-hybridized carbons (Fsp3) is 0.333. The van der Waals surface area contributed by atoms with Gasteiger partial charge in [0.1, 0.15) is 11.6 Å². The normalized spacial score (nSPS) is 10.7. The Morgan fingerprint density at radius 1 is 1.20 bits per heavy atom. The third-order valence-electron chi connectivity index (χ3n) is 2.98. The van der Waals surface area contributed by atoms with Crippen molar-refractivity contribution in [2.24, 2.45) is 5.84 Å². The van der Waals surface area contributed by atoms with Crippen LogP contribution in [0.3, 0.4) is 0 Å². The Labute approximate surface area is 119 Å². The first-order valence-electron chi connectivity index (χ1n) is 6.61. The smallest absolute Gasteiger partial charge is 0.227 e. The van der Waals surface area contributed by atoms with Gasteiger partial charge in [-0.15, -0.1) is 0 Å². The van der Waals surface area contributed by atoms with E-state index >= 15 is 0 Å². The molecule has 0 aliphatic heterocycles. The lowest BCUT2D eigenvalue weighted by atomic mass is 10.2. The highest BCUT2D eigenvalue weighted by Crippen LogP contribution is 2.28. The van der Waals surface area contributed by atoms with E-state index in [1.165, 1.54) is 0 Å². The van der Waals surface area contributed by atoms with E-state index < -0.39 is 0 Å². The number of nitrogens with zero attached hydrogens (tertiary/aromatic N) is 2. The van der Waals surface area contributed by atoms with Crippen LogP contribution in [0.4, 0.5) is 5.82 Å². The Morgan fingerprint density at radius 2 is 1.95 bits per heavy atom. The van der Waals surface area contributed by atoms with E-state index in [1.807, 2.05) is 52.0 Å². The van der Waals surface area contributed by atoms with E-state index in [0.717, 1.165) is 16.9 Å². The van der Waals surface area contributed by atoms with Crippen LogP contribution in [0.2, 0.25) is 0 Å². The van der Waals surface area contributed by atoms with Gasteiger partial charge in [0, 0.05) is 5.92 Å². The molecule has 1 aromatic heterocycles. The van der Waals surface area contributed by atoms with Crippen molar-refractivity contribution in [1.82, 2.24) is 9.97 Å². The number of anilines is 1. The van der Waals surface area contributed by atoms with Crippen LogP contribution in [0.15, 0.2) is 24.3 Å². The van der Waals surface area contributed by atoms with Gasteiger partial charge in [-0.1, -0.05) is 26.0 Å². The minimum Gasteiger partial charge on any atom is -0.439 e. The number of ether oxygens (including phenoxy) is 1. The number of aryl methyl sites for hydroxylation is 1. The first-order valence-corrected chi connectivity index (χ1v) is 6.61.